The van der Waals surface area contributed by atoms with Crippen LogP contribution in [0.5, 0.6) is 0 Å². The summed E-state index contributed by atoms with van der Waals surface area (Å²) in [5, 5.41) is 26.2. The number of methoxy groups -OCH3 is 1. The van der Waals surface area contributed by atoms with Crippen LogP contribution in [0.1, 0.15) is 64.1 Å². The Morgan fingerprint density at radius 2 is 1.62 bits per heavy atom. The van der Waals surface area contributed by atoms with E-state index in [9.17, 15) is 24.3 Å². The van der Waals surface area contributed by atoms with Gasteiger partial charge in [-0.2, -0.15) is 0 Å². The number of benzene rings is 2. The van der Waals surface area contributed by atoms with Gasteiger partial charge in [0.1, 0.15) is 28.5 Å². The number of carbonyl (C=O) groups is 4. The van der Waals surface area contributed by atoms with Gasteiger partial charge in [-0.1, -0.05) is 107 Å². The lowest BCUT2D eigenvalue weighted by Crippen LogP contribution is -2.61. The van der Waals surface area contributed by atoms with Gasteiger partial charge in [0.05, 0.1) is 37.2 Å². The van der Waals surface area contributed by atoms with Crippen molar-refractivity contribution in [2.24, 2.45) is 10.8 Å². The molecule has 1 fully saturated rings. The van der Waals surface area contributed by atoms with E-state index in [1.54, 1.807) is 21.0 Å². The molecule has 4 N–H and O–H groups in total. The first-order valence-corrected chi connectivity index (χ1v) is 22.1. The zero-order valence-electron chi connectivity index (χ0n) is 37.7. The highest BCUT2D eigenvalue weighted by atomic mass is 32.1. The first-order chi connectivity index (χ1) is 30.4. The quantitative estimate of drug-likeness (QED) is 0.0775. The van der Waals surface area contributed by atoms with Crippen molar-refractivity contribution in [3.63, 3.8) is 0 Å². The zero-order chi connectivity index (χ0) is 46.2. The second-order valence-electron chi connectivity index (χ2n) is 18.2. The van der Waals surface area contributed by atoms with Crippen molar-refractivity contribution in [2.75, 3.05) is 26.7 Å². The van der Waals surface area contributed by atoms with Gasteiger partial charge in [-0.15, -0.1) is 11.3 Å². The molecule has 3 aromatic heterocycles. The van der Waals surface area contributed by atoms with E-state index in [-0.39, 0.29) is 32.1 Å². The smallest absolute Gasteiger partial charge is 0.407 e. The second kappa shape index (κ2) is 20.6. The summed E-state index contributed by atoms with van der Waals surface area (Å²) in [5.41, 5.74) is 6.25. The topological polar surface area (TPSA) is 195 Å². The highest BCUT2D eigenvalue weighted by molar-refractivity contribution is 7.13. The highest BCUT2D eigenvalue weighted by Gasteiger charge is 2.44. The fourth-order valence-corrected chi connectivity index (χ4v) is 8.43. The Morgan fingerprint density at radius 3 is 2.25 bits per heavy atom. The third kappa shape index (κ3) is 12.3. The number of aryl methyl sites for hydroxylation is 1. The molecule has 4 atom stereocenters. The molecule has 17 heteroatoms. The van der Waals surface area contributed by atoms with Crippen molar-refractivity contribution in [1.82, 2.24) is 46.0 Å². The van der Waals surface area contributed by atoms with Crippen molar-refractivity contribution in [3.05, 3.63) is 113 Å². The monoisotopic (exact) mass is 893 g/mol. The molecule has 0 radical (unpaired) electrons. The summed E-state index contributed by atoms with van der Waals surface area (Å²) >= 11 is 1.42. The molecule has 64 heavy (non-hydrogen) atoms. The minimum absolute atomic E-state index is 0.124. The number of aliphatic hydroxyl groups is 1. The maximum atomic E-state index is 14.7. The molecule has 6 rings (SSSR count). The number of ether oxygens (including phenoxy) is 1. The van der Waals surface area contributed by atoms with E-state index in [0.29, 0.717) is 35.2 Å². The Labute approximate surface area is 378 Å². The number of rotatable bonds is 17. The molecule has 0 spiro atoms. The summed E-state index contributed by atoms with van der Waals surface area (Å²) in [6.07, 6.45) is -0.0287. The molecule has 1 saturated heterocycles. The van der Waals surface area contributed by atoms with Crippen molar-refractivity contribution in [1.29, 1.82) is 0 Å². The molecule has 340 valence electrons. The zero-order valence-corrected chi connectivity index (χ0v) is 38.5. The number of carbonyl (C=O) groups excluding carboxylic acids is 4. The predicted molar refractivity (Wildman–Crippen MR) is 243 cm³/mol. The molecule has 16 nitrogen and oxygen atoms in total. The number of pyridine rings is 1. The van der Waals surface area contributed by atoms with Gasteiger partial charge in [0.25, 0.3) is 5.91 Å². The van der Waals surface area contributed by atoms with E-state index in [2.05, 4.69) is 31.2 Å². The Bertz CT molecular complexity index is 2340. The van der Waals surface area contributed by atoms with Gasteiger partial charge in [0, 0.05) is 49.4 Å². The van der Waals surface area contributed by atoms with Gasteiger partial charge in [-0.05, 0) is 47.4 Å². The van der Waals surface area contributed by atoms with E-state index in [1.165, 1.54) is 18.4 Å². The minimum Gasteiger partial charge on any atom is -0.453 e. The standard InChI is InChI=1S/C47H59N9O7S/c1-30-24-37(53-63-30)43-49-34(29-64-43)27-54-22-23-56(45(54)61)40(47(5,6)7)42(59)50-36(25-31-14-10-9-11-15-31)38(57)28-55(52-41(58)39(46(2,3)4)51-44(60)62-8)26-32-17-19-33(20-18-32)35-16-12-13-21-48-35/h9-21,24,29,36,38-40,57H,22-23,25-28H2,1-8H3,(H,50,59)(H,51,60)(H,52,58)/t36-,38-,39+,40+/m0/s1. The molecule has 0 saturated carbocycles. The molecule has 1 aliphatic heterocycles. The minimum atomic E-state index is -1.24. The van der Waals surface area contributed by atoms with Crippen molar-refractivity contribution in [3.8, 4) is 22.0 Å². The van der Waals surface area contributed by atoms with Gasteiger partial charge in [0.2, 0.25) is 5.91 Å². The average molecular weight is 894 g/mol. The lowest BCUT2D eigenvalue weighted by Gasteiger charge is -2.38. The van der Waals surface area contributed by atoms with Crippen LogP contribution >= 0.6 is 11.3 Å². The van der Waals surface area contributed by atoms with Crippen LogP contribution in [0.4, 0.5) is 9.59 Å². The largest absolute Gasteiger partial charge is 0.453 e. The number of thiazole rings is 1. The highest BCUT2D eigenvalue weighted by Crippen LogP contribution is 2.30. The fourth-order valence-electron chi connectivity index (χ4n) is 7.67. The van der Waals surface area contributed by atoms with Gasteiger partial charge in [-0.3, -0.25) is 20.0 Å². The Balaban J connectivity index is 1.24. The number of amides is 5. The summed E-state index contributed by atoms with van der Waals surface area (Å²) < 4.78 is 10.0. The summed E-state index contributed by atoms with van der Waals surface area (Å²) in [7, 11) is 1.23. The SMILES string of the molecule is COC(=O)N[C@H](C(=O)NN(Cc1ccc(-c2ccccn2)cc1)C[C@H](O)[C@H](Cc1ccccc1)NC(=O)[C@@H](N1CCN(Cc2csc(-c3cc(C)on3)n2)C1=O)C(C)(C)C)C(C)(C)C. The van der Waals surface area contributed by atoms with Gasteiger partial charge < -0.3 is 34.8 Å². The predicted octanol–water partition coefficient (Wildman–Crippen LogP) is 6.21. The Kier molecular flexibility index (Phi) is 15.2. The molecule has 4 heterocycles. The Morgan fingerprint density at radius 1 is 0.906 bits per heavy atom. The molecular formula is C47H59N9O7S. The summed E-state index contributed by atoms with van der Waals surface area (Å²) in [6.45, 7) is 14.0. The van der Waals surface area contributed by atoms with E-state index in [0.717, 1.165) is 22.4 Å². The maximum Gasteiger partial charge on any atom is 0.407 e. The van der Waals surface area contributed by atoms with Crippen LogP contribution in [0.2, 0.25) is 0 Å². The number of hydrogen-bond acceptors (Lipinski definition) is 12. The second-order valence-corrected chi connectivity index (χ2v) is 19.1. The van der Waals surface area contributed by atoms with Crippen LogP contribution in [-0.4, -0.2) is 110 Å². The number of hydrogen-bond donors (Lipinski definition) is 4. The van der Waals surface area contributed by atoms with Crippen LogP contribution in [0.15, 0.2) is 95.0 Å². The molecule has 2 aromatic carbocycles. The third-order valence-corrected chi connectivity index (χ3v) is 11.8. The van der Waals surface area contributed by atoms with E-state index < -0.39 is 53.0 Å². The average Bonchev–Trinajstić information content (AvgIpc) is 4.00. The van der Waals surface area contributed by atoms with Gasteiger partial charge in [0.15, 0.2) is 0 Å². The van der Waals surface area contributed by atoms with Crippen LogP contribution < -0.4 is 16.1 Å². The maximum absolute atomic E-state index is 14.7. The number of nitrogens with one attached hydrogen (secondary N) is 3. The first-order valence-electron chi connectivity index (χ1n) is 21.3. The van der Waals surface area contributed by atoms with Crippen LogP contribution in [0.25, 0.3) is 22.0 Å². The lowest BCUT2D eigenvalue weighted by atomic mass is 9.84. The molecule has 5 amide bonds. The summed E-state index contributed by atoms with van der Waals surface area (Å²) in [6, 6.07) is 21.6. The number of aliphatic hydroxyl groups excluding tert-OH is 1. The van der Waals surface area contributed by atoms with Crippen LogP contribution in [0.3, 0.4) is 0 Å². The van der Waals surface area contributed by atoms with Gasteiger partial charge in [-0.25, -0.2) is 19.6 Å². The number of hydrazine groups is 1. The molecule has 1 aliphatic rings. The molecule has 0 aliphatic carbocycles. The van der Waals surface area contributed by atoms with E-state index >= 15 is 0 Å². The number of nitrogens with zero attached hydrogens (tertiary/aromatic N) is 6. The first kappa shape index (κ1) is 47.3. The number of alkyl carbamates (subject to hydrolysis) is 1. The van der Waals surface area contributed by atoms with Crippen LogP contribution in [0, 0.1) is 17.8 Å². The van der Waals surface area contributed by atoms with Crippen molar-refractivity contribution >= 4 is 35.3 Å². The molecular weight excluding hydrogens is 835 g/mol. The third-order valence-electron chi connectivity index (χ3n) is 10.9. The number of aromatic nitrogens is 3. The van der Waals surface area contributed by atoms with Crippen molar-refractivity contribution < 1.29 is 33.5 Å². The van der Waals surface area contributed by atoms with Crippen molar-refractivity contribution in [2.45, 2.75) is 92.2 Å². The van der Waals surface area contributed by atoms with E-state index in [1.807, 2.05) is 133 Å². The van der Waals surface area contributed by atoms with Crippen LogP contribution in [-0.2, 0) is 33.8 Å². The normalized spacial score (nSPS) is 15.1. The van der Waals surface area contributed by atoms with E-state index in [4.69, 9.17) is 9.26 Å². The number of urea groups is 1. The summed E-state index contributed by atoms with van der Waals surface area (Å²) in [5.74, 6) is -0.268. The molecule has 0 bridgehead atoms. The lowest BCUT2D eigenvalue weighted by molar-refractivity contribution is -0.133. The molecule has 0 unspecified atom stereocenters. The summed E-state index contributed by atoms with van der Waals surface area (Å²) in [4.78, 5) is 67.6. The molecule has 5 aromatic rings. The van der Waals surface area contributed by atoms with Gasteiger partial charge >= 0.3 is 12.1 Å². The fraction of sp³-hybridized carbons (Fsp3) is 0.426. The Hall–Kier alpha value is -6.17.